The predicted octanol–water partition coefficient (Wildman–Crippen LogP) is 1.36. The summed E-state index contributed by atoms with van der Waals surface area (Å²) in [6, 6.07) is 0. The third-order valence-corrected chi connectivity index (χ3v) is 2.53. The highest BCUT2D eigenvalue weighted by Gasteiger charge is 2.23. The Morgan fingerprint density at radius 2 is 1.31 bits per heavy atom. The molecule has 0 atom stereocenters. The molecule has 94 valence electrons. The van der Waals surface area contributed by atoms with Crippen molar-refractivity contribution < 1.29 is 9.59 Å². The molecule has 0 bridgehead atoms. The van der Waals surface area contributed by atoms with Gasteiger partial charge in [-0.15, -0.1) is 0 Å². The smallest absolute Gasteiger partial charge is 0.225 e. The number of carbonyl (C=O) groups is 2. The maximum absolute atomic E-state index is 11.6. The van der Waals surface area contributed by atoms with Crippen LogP contribution < -0.4 is 0 Å². The summed E-state index contributed by atoms with van der Waals surface area (Å²) in [5, 5.41) is 0. The molecule has 4 heteroatoms. The lowest BCUT2D eigenvalue weighted by Gasteiger charge is -2.35. The molecule has 0 saturated carbocycles. The van der Waals surface area contributed by atoms with E-state index in [1.165, 1.54) is 0 Å². The van der Waals surface area contributed by atoms with Crippen molar-refractivity contribution in [2.24, 2.45) is 5.92 Å². The van der Waals surface area contributed by atoms with Crippen molar-refractivity contribution in [3.8, 4) is 0 Å². The van der Waals surface area contributed by atoms with Crippen LogP contribution in [-0.4, -0.2) is 47.8 Å². The first-order valence-electron chi connectivity index (χ1n) is 6.06. The van der Waals surface area contributed by atoms with Gasteiger partial charge in [-0.25, -0.2) is 0 Å². The number of amides is 2. The minimum Gasteiger partial charge on any atom is -0.339 e. The lowest BCUT2D eigenvalue weighted by molar-refractivity contribution is -0.140. The largest absolute Gasteiger partial charge is 0.339 e. The highest BCUT2D eigenvalue weighted by atomic mass is 16.2. The van der Waals surface area contributed by atoms with Gasteiger partial charge in [0.15, 0.2) is 0 Å². The molecule has 0 spiro atoms. The molecule has 0 aromatic heterocycles. The van der Waals surface area contributed by atoms with E-state index in [2.05, 4.69) is 0 Å². The third-order valence-electron chi connectivity index (χ3n) is 2.53. The molecule has 1 heterocycles. The summed E-state index contributed by atoms with van der Waals surface area (Å²) in [5.74, 6) is 0.341. The van der Waals surface area contributed by atoms with Gasteiger partial charge in [0.05, 0.1) is 0 Å². The summed E-state index contributed by atoms with van der Waals surface area (Å²) in [5.41, 5.74) is 0. The monoisotopic (exact) mass is 228 g/mol. The Kier molecular flexibility index (Phi) is 6.77. The van der Waals surface area contributed by atoms with Gasteiger partial charge in [0, 0.05) is 39.0 Å². The normalized spacial score (nSPS) is 15.6. The predicted molar refractivity (Wildman–Crippen MR) is 65.0 cm³/mol. The summed E-state index contributed by atoms with van der Waals surface area (Å²) in [6.07, 6.45) is 0. The summed E-state index contributed by atoms with van der Waals surface area (Å²) in [4.78, 5) is 26.2. The fourth-order valence-electron chi connectivity index (χ4n) is 1.61. The molecule has 0 radical (unpaired) electrons. The van der Waals surface area contributed by atoms with Gasteiger partial charge in [0.1, 0.15) is 0 Å². The minimum absolute atomic E-state index is 0.0545. The molecular weight excluding hydrogens is 204 g/mol. The van der Waals surface area contributed by atoms with Crippen molar-refractivity contribution in [3.63, 3.8) is 0 Å². The maximum atomic E-state index is 11.6. The molecule has 0 aromatic rings. The van der Waals surface area contributed by atoms with E-state index in [-0.39, 0.29) is 17.7 Å². The fourth-order valence-corrected chi connectivity index (χ4v) is 1.61. The molecule has 1 saturated heterocycles. The molecule has 0 aliphatic carbocycles. The van der Waals surface area contributed by atoms with Gasteiger partial charge in [-0.1, -0.05) is 27.7 Å². The lowest BCUT2D eigenvalue weighted by atomic mass is 10.1. The Hall–Kier alpha value is -1.06. The van der Waals surface area contributed by atoms with Crippen LogP contribution in [0.25, 0.3) is 0 Å². The van der Waals surface area contributed by atoms with Gasteiger partial charge in [-0.3, -0.25) is 9.59 Å². The van der Waals surface area contributed by atoms with E-state index in [4.69, 9.17) is 0 Å². The van der Waals surface area contributed by atoms with Gasteiger partial charge in [-0.05, 0) is 0 Å². The molecule has 1 aliphatic heterocycles. The molecule has 0 N–H and O–H groups in total. The maximum Gasteiger partial charge on any atom is 0.225 e. The molecule has 0 unspecified atom stereocenters. The van der Waals surface area contributed by atoms with Crippen LogP contribution in [0.5, 0.6) is 0 Å². The Balaban J connectivity index is 0.00000106. The van der Waals surface area contributed by atoms with E-state index in [1.807, 2.05) is 32.6 Å². The zero-order chi connectivity index (χ0) is 12.7. The van der Waals surface area contributed by atoms with Crippen molar-refractivity contribution in [1.29, 1.82) is 0 Å². The van der Waals surface area contributed by atoms with E-state index in [0.29, 0.717) is 26.2 Å². The van der Waals surface area contributed by atoms with Crippen molar-refractivity contribution >= 4 is 11.8 Å². The second kappa shape index (κ2) is 7.25. The highest BCUT2D eigenvalue weighted by molar-refractivity contribution is 5.79. The SMILES string of the molecule is CC.CC(=O)N1CCN(C(=O)C(C)C)CC1. The van der Waals surface area contributed by atoms with Crippen LogP contribution in [0.15, 0.2) is 0 Å². The average molecular weight is 228 g/mol. The molecule has 1 aliphatic rings. The standard InChI is InChI=1S/C10H18N2O2.C2H6/c1-8(2)10(14)12-6-4-11(5-7-12)9(3)13;1-2/h8H,4-7H2,1-3H3;1-2H3. The summed E-state index contributed by atoms with van der Waals surface area (Å²) in [7, 11) is 0. The summed E-state index contributed by atoms with van der Waals surface area (Å²) in [6.45, 7) is 12.1. The van der Waals surface area contributed by atoms with Crippen LogP contribution in [0.2, 0.25) is 0 Å². The first-order valence-corrected chi connectivity index (χ1v) is 6.06. The lowest BCUT2D eigenvalue weighted by Crippen LogP contribution is -2.51. The molecule has 4 nitrogen and oxygen atoms in total. The zero-order valence-corrected chi connectivity index (χ0v) is 11.1. The molecule has 0 aromatic carbocycles. The number of hydrogen-bond donors (Lipinski definition) is 0. The minimum atomic E-state index is 0.0545. The zero-order valence-electron chi connectivity index (χ0n) is 11.1. The second-order valence-corrected chi connectivity index (χ2v) is 3.99. The first kappa shape index (κ1) is 14.9. The van der Waals surface area contributed by atoms with Crippen molar-refractivity contribution in [2.75, 3.05) is 26.2 Å². The average Bonchev–Trinajstić information content (AvgIpc) is 2.30. The molecular formula is C12H24N2O2. The van der Waals surface area contributed by atoms with Crippen molar-refractivity contribution in [3.05, 3.63) is 0 Å². The van der Waals surface area contributed by atoms with Crippen molar-refractivity contribution in [2.45, 2.75) is 34.6 Å². The molecule has 2 amide bonds. The van der Waals surface area contributed by atoms with Crippen LogP contribution in [0.1, 0.15) is 34.6 Å². The fraction of sp³-hybridized carbons (Fsp3) is 0.833. The van der Waals surface area contributed by atoms with Gasteiger partial charge >= 0.3 is 0 Å². The first-order chi connectivity index (χ1) is 7.52. The number of hydrogen-bond acceptors (Lipinski definition) is 2. The van der Waals surface area contributed by atoms with Gasteiger partial charge in [0.25, 0.3) is 0 Å². The molecule has 16 heavy (non-hydrogen) atoms. The Bertz CT molecular complexity index is 231. The topological polar surface area (TPSA) is 40.6 Å². The van der Waals surface area contributed by atoms with E-state index >= 15 is 0 Å². The number of carbonyl (C=O) groups excluding carboxylic acids is 2. The van der Waals surface area contributed by atoms with Crippen LogP contribution in [0, 0.1) is 5.92 Å². The van der Waals surface area contributed by atoms with E-state index in [9.17, 15) is 9.59 Å². The van der Waals surface area contributed by atoms with Gasteiger partial charge < -0.3 is 9.80 Å². The number of piperazine rings is 1. The van der Waals surface area contributed by atoms with Crippen LogP contribution in [0.4, 0.5) is 0 Å². The molecule has 1 fully saturated rings. The van der Waals surface area contributed by atoms with Crippen LogP contribution >= 0.6 is 0 Å². The third kappa shape index (κ3) is 4.21. The van der Waals surface area contributed by atoms with Crippen LogP contribution in [0.3, 0.4) is 0 Å². The van der Waals surface area contributed by atoms with Gasteiger partial charge in [-0.2, -0.15) is 0 Å². The Morgan fingerprint density at radius 1 is 0.938 bits per heavy atom. The number of nitrogens with zero attached hydrogens (tertiary/aromatic N) is 2. The van der Waals surface area contributed by atoms with E-state index in [0.717, 1.165) is 0 Å². The summed E-state index contributed by atoms with van der Waals surface area (Å²) >= 11 is 0. The Morgan fingerprint density at radius 3 is 1.62 bits per heavy atom. The van der Waals surface area contributed by atoms with E-state index < -0.39 is 0 Å². The van der Waals surface area contributed by atoms with Gasteiger partial charge in [0.2, 0.25) is 11.8 Å². The highest BCUT2D eigenvalue weighted by Crippen LogP contribution is 2.06. The number of rotatable bonds is 1. The van der Waals surface area contributed by atoms with Crippen LogP contribution in [-0.2, 0) is 9.59 Å². The second-order valence-electron chi connectivity index (χ2n) is 3.99. The molecule has 1 rings (SSSR count). The van der Waals surface area contributed by atoms with Crippen molar-refractivity contribution in [1.82, 2.24) is 9.80 Å². The summed E-state index contributed by atoms with van der Waals surface area (Å²) < 4.78 is 0. The van der Waals surface area contributed by atoms with E-state index in [1.54, 1.807) is 11.8 Å². The Labute approximate surface area is 98.6 Å². The quantitative estimate of drug-likeness (QED) is 0.680.